The highest BCUT2D eigenvalue weighted by molar-refractivity contribution is 7.90. The van der Waals surface area contributed by atoms with Crippen molar-refractivity contribution in [3.63, 3.8) is 0 Å². The Balaban J connectivity index is 1.60. The van der Waals surface area contributed by atoms with E-state index in [0.717, 1.165) is 18.4 Å². The van der Waals surface area contributed by atoms with E-state index in [2.05, 4.69) is 19.9 Å². The van der Waals surface area contributed by atoms with Gasteiger partial charge in [-0.25, -0.2) is 0 Å². The number of sulfonamides is 1. The molecule has 0 bridgehead atoms. The van der Waals surface area contributed by atoms with E-state index in [0.29, 0.717) is 29.0 Å². The molecule has 1 aromatic heterocycles. The van der Waals surface area contributed by atoms with Gasteiger partial charge < -0.3 is 10.2 Å². The van der Waals surface area contributed by atoms with Gasteiger partial charge in [0.15, 0.2) is 0 Å². The van der Waals surface area contributed by atoms with Crippen LogP contribution in [0.25, 0.3) is 10.9 Å². The summed E-state index contributed by atoms with van der Waals surface area (Å²) in [6, 6.07) is 11.4. The number of amides is 1. The third-order valence-electron chi connectivity index (χ3n) is 4.67. The third kappa shape index (κ3) is 3.48. The SMILES string of the molecule is CN1CCC/C1=N\S(=O)(=O)c1cccc(NC(=O)c2cccc3cn[nH]c23)c1. The Hall–Kier alpha value is -3.20. The zero-order valence-electron chi connectivity index (χ0n) is 15.2. The standard InChI is InChI=1S/C19H19N5O3S/c1-24-10-4-9-17(24)23-28(26,27)15-7-3-6-14(11-15)21-19(25)16-8-2-5-13-12-20-22-18(13)16/h2-3,5-8,11-12H,4,9-10H2,1H3,(H,20,22)(H,21,25)/b23-17+. The van der Waals surface area contributed by atoms with Crippen molar-refractivity contribution in [1.82, 2.24) is 15.1 Å². The molecule has 8 nitrogen and oxygen atoms in total. The number of nitrogens with one attached hydrogen (secondary N) is 2. The summed E-state index contributed by atoms with van der Waals surface area (Å²) in [7, 11) is -2.02. The molecule has 0 spiro atoms. The number of para-hydroxylation sites is 1. The van der Waals surface area contributed by atoms with E-state index in [1.165, 1.54) is 12.1 Å². The van der Waals surface area contributed by atoms with Crippen molar-refractivity contribution in [2.24, 2.45) is 4.40 Å². The molecule has 1 saturated heterocycles. The van der Waals surface area contributed by atoms with E-state index >= 15 is 0 Å². The molecule has 0 saturated carbocycles. The molecule has 0 radical (unpaired) electrons. The quantitative estimate of drug-likeness (QED) is 0.704. The van der Waals surface area contributed by atoms with E-state index in [9.17, 15) is 13.2 Å². The van der Waals surface area contributed by atoms with Crippen molar-refractivity contribution >= 4 is 38.4 Å². The van der Waals surface area contributed by atoms with Gasteiger partial charge in [0.05, 0.1) is 22.2 Å². The van der Waals surface area contributed by atoms with Crippen LogP contribution in [0.3, 0.4) is 0 Å². The van der Waals surface area contributed by atoms with E-state index in [1.54, 1.807) is 30.5 Å². The lowest BCUT2D eigenvalue weighted by atomic mass is 10.1. The van der Waals surface area contributed by atoms with Gasteiger partial charge in [-0.05, 0) is 30.7 Å². The number of H-pyrrole nitrogens is 1. The fraction of sp³-hybridized carbons (Fsp3) is 0.211. The minimum Gasteiger partial charge on any atom is -0.362 e. The van der Waals surface area contributed by atoms with Crippen LogP contribution in [-0.2, 0) is 10.0 Å². The second kappa shape index (κ2) is 7.08. The van der Waals surface area contributed by atoms with Gasteiger partial charge in [0.2, 0.25) is 0 Å². The van der Waals surface area contributed by atoms with Gasteiger partial charge in [-0.1, -0.05) is 18.2 Å². The highest BCUT2D eigenvalue weighted by Crippen LogP contribution is 2.22. The second-order valence-corrected chi connectivity index (χ2v) is 8.23. The molecule has 0 aliphatic carbocycles. The molecular formula is C19H19N5O3S. The smallest absolute Gasteiger partial charge is 0.284 e. The molecule has 2 aromatic carbocycles. The number of carbonyl (C=O) groups excluding carboxylic acids is 1. The molecule has 4 rings (SSSR count). The van der Waals surface area contributed by atoms with Gasteiger partial charge in [0.1, 0.15) is 5.84 Å². The number of anilines is 1. The Kier molecular flexibility index (Phi) is 4.60. The van der Waals surface area contributed by atoms with Crippen LogP contribution in [0.15, 0.2) is 58.0 Å². The lowest BCUT2D eigenvalue weighted by Gasteiger charge is -2.11. The van der Waals surface area contributed by atoms with Gasteiger partial charge in [-0.3, -0.25) is 9.89 Å². The molecule has 9 heteroatoms. The van der Waals surface area contributed by atoms with Crippen LogP contribution in [-0.4, -0.2) is 48.9 Å². The number of aromatic nitrogens is 2. The Bertz CT molecular complexity index is 1180. The number of hydrogen-bond acceptors (Lipinski definition) is 4. The first kappa shape index (κ1) is 18.2. The van der Waals surface area contributed by atoms with Crippen LogP contribution < -0.4 is 5.32 Å². The number of fused-ring (bicyclic) bond motifs is 1. The van der Waals surface area contributed by atoms with Gasteiger partial charge in [-0.2, -0.15) is 13.5 Å². The minimum absolute atomic E-state index is 0.0397. The summed E-state index contributed by atoms with van der Waals surface area (Å²) in [5.74, 6) is 0.201. The molecular weight excluding hydrogens is 378 g/mol. The lowest BCUT2D eigenvalue weighted by molar-refractivity contribution is 0.102. The number of aromatic amines is 1. The first-order valence-electron chi connectivity index (χ1n) is 8.82. The van der Waals surface area contributed by atoms with Crippen molar-refractivity contribution in [3.05, 3.63) is 54.2 Å². The molecule has 1 fully saturated rings. The highest BCUT2D eigenvalue weighted by atomic mass is 32.2. The Morgan fingerprint density at radius 2 is 2.07 bits per heavy atom. The monoisotopic (exact) mass is 397 g/mol. The summed E-state index contributed by atoms with van der Waals surface area (Å²) in [5, 5.41) is 10.3. The normalized spacial score (nSPS) is 16.0. The highest BCUT2D eigenvalue weighted by Gasteiger charge is 2.21. The van der Waals surface area contributed by atoms with Crippen molar-refractivity contribution in [3.8, 4) is 0 Å². The number of hydrogen-bond donors (Lipinski definition) is 2. The average molecular weight is 397 g/mol. The van der Waals surface area contributed by atoms with Gasteiger partial charge >= 0.3 is 0 Å². The van der Waals surface area contributed by atoms with Crippen LogP contribution >= 0.6 is 0 Å². The number of carbonyl (C=O) groups is 1. The predicted molar refractivity (Wildman–Crippen MR) is 107 cm³/mol. The van der Waals surface area contributed by atoms with Crippen LogP contribution in [0.5, 0.6) is 0 Å². The Labute approximate surface area is 162 Å². The van der Waals surface area contributed by atoms with Crippen molar-refractivity contribution in [1.29, 1.82) is 0 Å². The van der Waals surface area contributed by atoms with Crippen molar-refractivity contribution in [2.75, 3.05) is 18.9 Å². The van der Waals surface area contributed by atoms with Crippen LogP contribution in [0.4, 0.5) is 5.69 Å². The summed E-state index contributed by atoms with van der Waals surface area (Å²) in [5.41, 5.74) is 1.43. The molecule has 1 amide bonds. The predicted octanol–water partition coefficient (Wildman–Crippen LogP) is 2.63. The first-order valence-corrected chi connectivity index (χ1v) is 10.3. The molecule has 2 heterocycles. The topological polar surface area (TPSA) is 108 Å². The molecule has 2 N–H and O–H groups in total. The maximum Gasteiger partial charge on any atom is 0.284 e. The number of nitrogens with zero attached hydrogens (tertiary/aromatic N) is 3. The van der Waals surface area contributed by atoms with Crippen LogP contribution in [0.2, 0.25) is 0 Å². The summed E-state index contributed by atoms with van der Waals surface area (Å²) < 4.78 is 29.2. The van der Waals surface area contributed by atoms with E-state index < -0.39 is 10.0 Å². The summed E-state index contributed by atoms with van der Waals surface area (Å²) >= 11 is 0. The van der Waals surface area contributed by atoms with Crippen molar-refractivity contribution in [2.45, 2.75) is 17.7 Å². The summed E-state index contributed by atoms with van der Waals surface area (Å²) in [6.07, 6.45) is 3.17. The first-order chi connectivity index (χ1) is 13.4. The average Bonchev–Trinajstić information content (AvgIpc) is 3.30. The number of benzene rings is 2. The fourth-order valence-electron chi connectivity index (χ4n) is 3.19. The van der Waals surface area contributed by atoms with Crippen molar-refractivity contribution < 1.29 is 13.2 Å². The van der Waals surface area contributed by atoms with Crippen LogP contribution in [0.1, 0.15) is 23.2 Å². The van der Waals surface area contributed by atoms with Gasteiger partial charge in [-0.15, -0.1) is 4.40 Å². The number of rotatable bonds is 4. The molecule has 144 valence electrons. The van der Waals surface area contributed by atoms with Crippen LogP contribution in [0, 0.1) is 0 Å². The number of likely N-dealkylation sites (tertiary alicyclic amines) is 1. The Morgan fingerprint density at radius 3 is 2.86 bits per heavy atom. The molecule has 28 heavy (non-hydrogen) atoms. The number of amidine groups is 1. The minimum atomic E-state index is -3.85. The molecule has 1 aliphatic rings. The van der Waals surface area contributed by atoms with E-state index in [1.807, 2.05) is 18.0 Å². The maximum atomic E-state index is 12.7. The fourth-order valence-corrected chi connectivity index (χ4v) is 4.33. The third-order valence-corrected chi connectivity index (χ3v) is 5.97. The second-order valence-electron chi connectivity index (χ2n) is 6.63. The maximum absolute atomic E-state index is 12.7. The van der Waals surface area contributed by atoms with E-state index in [4.69, 9.17) is 0 Å². The van der Waals surface area contributed by atoms with Gasteiger partial charge in [0, 0.05) is 31.1 Å². The molecule has 0 unspecified atom stereocenters. The molecule has 0 atom stereocenters. The summed E-state index contributed by atoms with van der Waals surface area (Å²) in [6.45, 7) is 0.795. The largest absolute Gasteiger partial charge is 0.362 e. The van der Waals surface area contributed by atoms with Gasteiger partial charge in [0.25, 0.3) is 15.9 Å². The summed E-state index contributed by atoms with van der Waals surface area (Å²) in [4.78, 5) is 14.5. The molecule has 3 aromatic rings. The zero-order chi connectivity index (χ0) is 19.7. The van der Waals surface area contributed by atoms with E-state index in [-0.39, 0.29) is 10.8 Å². The molecule has 1 aliphatic heterocycles. The lowest BCUT2D eigenvalue weighted by Crippen LogP contribution is -2.20. The Morgan fingerprint density at radius 1 is 1.25 bits per heavy atom. The zero-order valence-corrected chi connectivity index (χ0v) is 16.0.